The average Bonchev–Trinajstić information content (AvgIpc) is 2.65. The van der Waals surface area contributed by atoms with E-state index in [-0.39, 0.29) is 0 Å². The Balaban J connectivity index is 1.95. The summed E-state index contributed by atoms with van der Waals surface area (Å²) in [6, 6.07) is 11.6. The molecule has 0 aliphatic carbocycles. The van der Waals surface area contributed by atoms with E-state index in [1.54, 1.807) is 21.3 Å². The first-order valence-corrected chi connectivity index (χ1v) is 8.08. The first-order chi connectivity index (χ1) is 12.1. The third kappa shape index (κ3) is 3.66. The van der Waals surface area contributed by atoms with Crippen molar-refractivity contribution >= 4 is 28.9 Å². The van der Waals surface area contributed by atoms with Crippen LogP contribution in [-0.2, 0) is 6.54 Å². The summed E-state index contributed by atoms with van der Waals surface area (Å²) in [6.07, 6.45) is 0. The molecule has 2 aromatic carbocycles. The summed E-state index contributed by atoms with van der Waals surface area (Å²) >= 11 is 5.24. The van der Waals surface area contributed by atoms with Crippen LogP contribution in [0.1, 0.15) is 5.56 Å². The predicted octanol–water partition coefficient (Wildman–Crippen LogP) is 3.93. The lowest BCUT2D eigenvalue weighted by molar-refractivity contribution is 0.356. The van der Waals surface area contributed by atoms with Crippen molar-refractivity contribution in [3.05, 3.63) is 46.7 Å². The Morgan fingerprint density at radius 2 is 1.68 bits per heavy atom. The lowest BCUT2D eigenvalue weighted by Crippen LogP contribution is -2.04. The van der Waals surface area contributed by atoms with E-state index in [1.807, 2.05) is 36.4 Å². The summed E-state index contributed by atoms with van der Waals surface area (Å²) in [4.78, 5) is 7.49. The van der Waals surface area contributed by atoms with Crippen LogP contribution in [0.2, 0.25) is 0 Å². The number of benzene rings is 2. The zero-order valence-electron chi connectivity index (χ0n) is 14.3. The zero-order valence-corrected chi connectivity index (χ0v) is 15.1. The lowest BCUT2D eigenvalue weighted by atomic mass is 10.2. The first-order valence-electron chi connectivity index (χ1n) is 7.67. The SMILES string of the molecule is COc1ccc(CNc2nc(=S)[nH]c3cc(OC)c(OC)cc23)cc1. The number of fused-ring (bicyclic) bond motifs is 1. The van der Waals surface area contributed by atoms with Crippen LogP contribution in [-0.4, -0.2) is 31.3 Å². The molecule has 0 saturated heterocycles. The van der Waals surface area contributed by atoms with Crippen LogP contribution in [0.25, 0.3) is 10.9 Å². The Labute approximate surface area is 150 Å². The molecule has 0 saturated carbocycles. The topological polar surface area (TPSA) is 68.4 Å². The number of methoxy groups -OCH3 is 3. The van der Waals surface area contributed by atoms with Crippen LogP contribution >= 0.6 is 12.2 Å². The standard InChI is InChI=1S/C18H19N3O3S/c1-22-12-6-4-11(5-7-12)10-19-17-13-8-15(23-2)16(24-3)9-14(13)20-18(25)21-17/h4-9H,10H2,1-3H3,(H2,19,20,21,25). The number of nitrogens with zero attached hydrogens (tertiary/aromatic N) is 1. The number of hydrogen-bond donors (Lipinski definition) is 2. The van der Waals surface area contributed by atoms with Crippen molar-refractivity contribution in [3.63, 3.8) is 0 Å². The monoisotopic (exact) mass is 357 g/mol. The van der Waals surface area contributed by atoms with Crippen LogP contribution in [0.15, 0.2) is 36.4 Å². The van der Waals surface area contributed by atoms with Gasteiger partial charge in [0.05, 0.1) is 26.8 Å². The fourth-order valence-electron chi connectivity index (χ4n) is 2.55. The maximum atomic E-state index is 5.38. The van der Waals surface area contributed by atoms with Gasteiger partial charge in [0.2, 0.25) is 0 Å². The van der Waals surface area contributed by atoms with E-state index in [0.717, 1.165) is 22.2 Å². The Morgan fingerprint density at radius 1 is 1.00 bits per heavy atom. The summed E-state index contributed by atoms with van der Waals surface area (Å²) in [5, 5.41) is 4.21. The molecular formula is C18H19N3O3S. The van der Waals surface area contributed by atoms with E-state index in [1.165, 1.54) is 0 Å². The molecule has 6 nitrogen and oxygen atoms in total. The highest BCUT2D eigenvalue weighted by Crippen LogP contribution is 2.33. The van der Waals surface area contributed by atoms with Crippen LogP contribution in [0.3, 0.4) is 0 Å². The highest BCUT2D eigenvalue weighted by Gasteiger charge is 2.11. The molecule has 130 valence electrons. The van der Waals surface area contributed by atoms with Gasteiger partial charge in [-0.25, -0.2) is 4.98 Å². The molecule has 3 aromatic rings. The number of aromatic nitrogens is 2. The van der Waals surface area contributed by atoms with Crippen molar-refractivity contribution in [2.45, 2.75) is 6.54 Å². The predicted molar refractivity (Wildman–Crippen MR) is 100 cm³/mol. The molecule has 2 N–H and O–H groups in total. The minimum atomic E-state index is 0.400. The summed E-state index contributed by atoms with van der Waals surface area (Å²) in [6.45, 7) is 0.610. The molecule has 3 rings (SSSR count). The molecule has 25 heavy (non-hydrogen) atoms. The summed E-state index contributed by atoms with van der Waals surface area (Å²) in [5.74, 6) is 2.78. The Hall–Kier alpha value is -2.80. The number of aromatic amines is 1. The maximum Gasteiger partial charge on any atom is 0.199 e. The summed E-state index contributed by atoms with van der Waals surface area (Å²) in [7, 11) is 4.85. The molecular weight excluding hydrogens is 338 g/mol. The molecule has 0 atom stereocenters. The highest BCUT2D eigenvalue weighted by molar-refractivity contribution is 7.71. The Morgan fingerprint density at radius 3 is 2.32 bits per heavy atom. The average molecular weight is 357 g/mol. The van der Waals surface area contributed by atoms with Gasteiger partial charge in [-0.1, -0.05) is 12.1 Å². The van der Waals surface area contributed by atoms with Gasteiger partial charge in [0.25, 0.3) is 0 Å². The minimum Gasteiger partial charge on any atom is -0.497 e. The molecule has 0 aliphatic rings. The number of anilines is 1. The van der Waals surface area contributed by atoms with Crippen molar-refractivity contribution in [3.8, 4) is 17.2 Å². The van der Waals surface area contributed by atoms with Crippen molar-refractivity contribution in [2.75, 3.05) is 26.6 Å². The molecule has 1 aromatic heterocycles. The fraction of sp³-hybridized carbons (Fsp3) is 0.222. The zero-order chi connectivity index (χ0) is 17.8. The number of nitrogens with one attached hydrogen (secondary N) is 2. The fourth-order valence-corrected chi connectivity index (χ4v) is 2.75. The normalized spacial score (nSPS) is 10.5. The van der Waals surface area contributed by atoms with Crippen molar-refractivity contribution < 1.29 is 14.2 Å². The second-order valence-corrected chi connectivity index (χ2v) is 5.73. The van der Waals surface area contributed by atoms with Crippen molar-refractivity contribution in [1.82, 2.24) is 9.97 Å². The molecule has 0 unspecified atom stereocenters. The van der Waals surface area contributed by atoms with Gasteiger partial charge >= 0.3 is 0 Å². The van der Waals surface area contributed by atoms with Gasteiger partial charge in [0.15, 0.2) is 16.3 Å². The Kier molecular flexibility index (Phi) is 5.04. The van der Waals surface area contributed by atoms with E-state index in [0.29, 0.717) is 28.6 Å². The molecule has 7 heteroatoms. The molecule has 0 radical (unpaired) electrons. The van der Waals surface area contributed by atoms with E-state index in [9.17, 15) is 0 Å². The highest BCUT2D eigenvalue weighted by atomic mass is 32.1. The Bertz CT molecular complexity index is 939. The molecule has 0 fully saturated rings. The first kappa shape index (κ1) is 17.0. The van der Waals surface area contributed by atoms with Crippen LogP contribution < -0.4 is 19.5 Å². The molecule has 0 amide bonds. The number of H-pyrrole nitrogens is 1. The van der Waals surface area contributed by atoms with Crippen LogP contribution in [0.4, 0.5) is 5.82 Å². The molecule has 0 aliphatic heterocycles. The molecule has 0 bridgehead atoms. The molecule has 1 heterocycles. The van der Waals surface area contributed by atoms with Crippen molar-refractivity contribution in [1.29, 1.82) is 0 Å². The van der Waals surface area contributed by atoms with Gasteiger partial charge in [-0.2, -0.15) is 0 Å². The molecule has 0 spiro atoms. The number of ether oxygens (including phenoxy) is 3. The van der Waals surface area contributed by atoms with E-state index < -0.39 is 0 Å². The van der Waals surface area contributed by atoms with Gasteiger partial charge in [0, 0.05) is 18.0 Å². The lowest BCUT2D eigenvalue weighted by Gasteiger charge is -2.13. The summed E-state index contributed by atoms with van der Waals surface area (Å²) < 4.78 is 16.3. The third-order valence-electron chi connectivity index (χ3n) is 3.85. The van der Waals surface area contributed by atoms with E-state index >= 15 is 0 Å². The summed E-state index contributed by atoms with van der Waals surface area (Å²) in [5.41, 5.74) is 1.94. The van der Waals surface area contributed by atoms with Crippen molar-refractivity contribution in [2.24, 2.45) is 0 Å². The van der Waals surface area contributed by atoms with Gasteiger partial charge in [-0.3, -0.25) is 0 Å². The number of rotatable bonds is 6. The minimum absolute atomic E-state index is 0.400. The quantitative estimate of drug-likeness (QED) is 0.652. The van der Waals surface area contributed by atoms with Gasteiger partial charge in [-0.05, 0) is 36.0 Å². The maximum absolute atomic E-state index is 5.38. The second-order valence-electron chi connectivity index (χ2n) is 5.34. The van der Waals surface area contributed by atoms with Gasteiger partial charge < -0.3 is 24.5 Å². The van der Waals surface area contributed by atoms with Gasteiger partial charge in [-0.15, -0.1) is 0 Å². The second kappa shape index (κ2) is 7.40. The van der Waals surface area contributed by atoms with Gasteiger partial charge in [0.1, 0.15) is 11.6 Å². The van der Waals surface area contributed by atoms with Crippen LogP contribution in [0.5, 0.6) is 17.2 Å². The third-order valence-corrected chi connectivity index (χ3v) is 4.05. The van der Waals surface area contributed by atoms with E-state index in [4.69, 9.17) is 26.4 Å². The van der Waals surface area contributed by atoms with E-state index in [2.05, 4.69) is 15.3 Å². The smallest absolute Gasteiger partial charge is 0.199 e. The number of hydrogen-bond acceptors (Lipinski definition) is 6. The largest absolute Gasteiger partial charge is 0.497 e. The van der Waals surface area contributed by atoms with Crippen LogP contribution in [0, 0.1) is 4.77 Å².